The zero-order chi connectivity index (χ0) is 10.7. The fourth-order valence-electron chi connectivity index (χ4n) is 1.40. The van der Waals surface area contributed by atoms with Crippen LogP contribution in [0.25, 0.3) is 0 Å². The van der Waals surface area contributed by atoms with Crippen LogP contribution in [0.3, 0.4) is 0 Å². The van der Waals surface area contributed by atoms with Crippen molar-refractivity contribution in [1.29, 1.82) is 0 Å². The lowest BCUT2D eigenvalue weighted by Crippen LogP contribution is -2.35. The van der Waals surface area contributed by atoms with Crippen LogP contribution in [0.15, 0.2) is 18.2 Å². The third kappa shape index (κ3) is 2.40. The molecule has 1 aromatic carbocycles. The summed E-state index contributed by atoms with van der Waals surface area (Å²) in [5.74, 6) is 0.700. The summed E-state index contributed by atoms with van der Waals surface area (Å²) in [6.07, 6.45) is 0.244. The Labute approximate surface area is 88.9 Å². The van der Waals surface area contributed by atoms with E-state index in [1.54, 1.807) is 7.11 Å². The SMILES string of the molecule is COc1ccc(COC2COC2)cc1N. The minimum Gasteiger partial charge on any atom is -0.495 e. The molecule has 0 aliphatic carbocycles. The van der Waals surface area contributed by atoms with Crippen LogP contribution in [0.2, 0.25) is 0 Å². The van der Waals surface area contributed by atoms with Gasteiger partial charge in [0.15, 0.2) is 0 Å². The van der Waals surface area contributed by atoms with Gasteiger partial charge in [-0.05, 0) is 17.7 Å². The molecule has 0 radical (unpaired) electrons. The molecule has 2 N–H and O–H groups in total. The predicted molar refractivity (Wildman–Crippen MR) is 56.8 cm³/mol. The molecule has 1 aliphatic heterocycles. The number of ether oxygens (including phenoxy) is 3. The molecule has 0 atom stereocenters. The molecule has 0 spiro atoms. The second kappa shape index (κ2) is 4.51. The van der Waals surface area contributed by atoms with E-state index in [9.17, 15) is 0 Å². The third-order valence-electron chi connectivity index (χ3n) is 2.39. The summed E-state index contributed by atoms with van der Waals surface area (Å²) in [6, 6.07) is 5.68. The van der Waals surface area contributed by atoms with Crippen LogP contribution in [0.4, 0.5) is 5.69 Å². The largest absolute Gasteiger partial charge is 0.495 e. The Kier molecular flexibility index (Phi) is 3.08. The van der Waals surface area contributed by atoms with Gasteiger partial charge in [-0.3, -0.25) is 0 Å². The van der Waals surface area contributed by atoms with Gasteiger partial charge in [0.1, 0.15) is 11.9 Å². The normalized spacial score (nSPS) is 16.1. The van der Waals surface area contributed by atoms with Crippen molar-refractivity contribution in [2.75, 3.05) is 26.1 Å². The zero-order valence-corrected chi connectivity index (χ0v) is 8.73. The van der Waals surface area contributed by atoms with E-state index in [1.165, 1.54) is 0 Å². The van der Waals surface area contributed by atoms with E-state index in [0.717, 1.165) is 5.56 Å². The van der Waals surface area contributed by atoms with E-state index >= 15 is 0 Å². The maximum absolute atomic E-state index is 5.78. The van der Waals surface area contributed by atoms with Gasteiger partial charge in [0.2, 0.25) is 0 Å². The molecular weight excluding hydrogens is 194 g/mol. The summed E-state index contributed by atoms with van der Waals surface area (Å²) in [7, 11) is 1.60. The maximum Gasteiger partial charge on any atom is 0.141 e. The van der Waals surface area contributed by atoms with Crippen LogP contribution in [-0.2, 0) is 16.1 Å². The molecule has 0 saturated carbocycles. The second-order valence-corrected chi connectivity index (χ2v) is 3.55. The van der Waals surface area contributed by atoms with Gasteiger partial charge in [-0.1, -0.05) is 6.07 Å². The Morgan fingerprint density at radius 2 is 2.27 bits per heavy atom. The van der Waals surface area contributed by atoms with E-state index in [1.807, 2.05) is 18.2 Å². The highest BCUT2D eigenvalue weighted by molar-refractivity contribution is 5.54. The summed E-state index contributed by atoms with van der Waals surface area (Å²) in [5, 5.41) is 0. The fourth-order valence-corrected chi connectivity index (χ4v) is 1.40. The van der Waals surface area contributed by atoms with Gasteiger partial charge in [-0.2, -0.15) is 0 Å². The summed E-state index contributed by atoms with van der Waals surface area (Å²) in [4.78, 5) is 0. The van der Waals surface area contributed by atoms with E-state index in [2.05, 4.69) is 0 Å². The molecule has 2 rings (SSSR count). The predicted octanol–water partition coefficient (Wildman–Crippen LogP) is 1.19. The summed E-state index contributed by atoms with van der Waals surface area (Å²) in [5.41, 5.74) is 7.48. The molecule has 15 heavy (non-hydrogen) atoms. The first-order valence-corrected chi connectivity index (χ1v) is 4.91. The fraction of sp³-hybridized carbons (Fsp3) is 0.455. The highest BCUT2D eigenvalue weighted by Gasteiger charge is 2.18. The van der Waals surface area contributed by atoms with E-state index < -0.39 is 0 Å². The van der Waals surface area contributed by atoms with E-state index in [0.29, 0.717) is 31.3 Å². The first kappa shape index (κ1) is 10.3. The lowest BCUT2D eigenvalue weighted by molar-refractivity contribution is -0.135. The molecule has 82 valence electrons. The van der Waals surface area contributed by atoms with Gasteiger partial charge in [-0.15, -0.1) is 0 Å². The monoisotopic (exact) mass is 209 g/mol. The minimum atomic E-state index is 0.244. The third-order valence-corrected chi connectivity index (χ3v) is 2.39. The van der Waals surface area contributed by atoms with Crippen molar-refractivity contribution in [2.45, 2.75) is 12.7 Å². The molecule has 1 saturated heterocycles. The van der Waals surface area contributed by atoms with Crippen LogP contribution in [0.1, 0.15) is 5.56 Å². The van der Waals surface area contributed by atoms with Crippen LogP contribution >= 0.6 is 0 Å². The highest BCUT2D eigenvalue weighted by atomic mass is 16.6. The highest BCUT2D eigenvalue weighted by Crippen LogP contribution is 2.22. The first-order valence-electron chi connectivity index (χ1n) is 4.91. The van der Waals surface area contributed by atoms with Gasteiger partial charge in [0.05, 0.1) is 32.6 Å². The minimum absolute atomic E-state index is 0.244. The lowest BCUT2D eigenvalue weighted by atomic mass is 10.2. The molecule has 0 aromatic heterocycles. The number of nitrogens with two attached hydrogens (primary N) is 1. The van der Waals surface area contributed by atoms with Gasteiger partial charge >= 0.3 is 0 Å². The number of anilines is 1. The van der Waals surface area contributed by atoms with Crippen molar-refractivity contribution in [1.82, 2.24) is 0 Å². The number of rotatable bonds is 4. The Morgan fingerprint density at radius 1 is 1.47 bits per heavy atom. The number of hydrogen-bond donors (Lipinski definition) is 1. The Bertz CT molecular complexity index is 337. The summed E-state index contributed by atoms with van der Waals surface area (Å²) < 4.78 is 15.7. The Hall–Kier alpha value is -1.26. The van der Waals surface area contributed by atoms with E-state index in [-0.39, 0.29) is 6.10 Å². The smallest absolute Gasteiger partial charge is 0.141 e. The van der Waals surface area contributed by atoms with Crippen molar-refractivity contribution in [2.24, 2.45) is 0 Å². The van der Waals surface area contributed by atoms with Gasteiger partial charge in [0.25, 0.3) is 0 Å². The van der Waals surface area contributed by atoms with Gasteiger partial charge < -0.3 is 19.9 Å². The molecule has 4 nitrogen and oxygen atoms in total. The standard InChI is InChI=1S/C11H15NO3/c1-13-11-3-2-8(4-10(11)12)5-15-9-6-14-7-9/h2-4,9H,5-7,12H2,1H3. The quantitative estimate of drug-likeness (QED) is 0.757. The topological polar surface area (TPSA) is 53.7 Å². The summed E-state index contributed by atoms with van der Waals surface area (Å²) >= 11 is 0. The van der Waals surface area contributed by atoms with Crippen molar-refractivity contribution >= 4 is 5.69 Å². The number of hydrogen-bond acceptors (Lipinski definition) is 4. The average molecular weight is 209 g/mol. The Balaban J connectivity index is 1.93. The molecule has 1 heterocycles. The van der Waals surface area contributed by atoms with Gasteiger partial charge in [0, 0.05) is 0 Å². The Morgan fingerprint density at radius 3 is 2.80 bits per heavy atom. The maximum atomic E-state index is 5.78. The van der Waals surface area contributed by atoms with Crippen molar-refractivity contribution in [3.63, 3.8) is 0 Å². The van der Waals surface area contributed by atoms with Crippen LogP contribution < -0.4 is 10.5 Å². The molecule has 1 fully saturated rings. The lowest BCUT2D eigenvalue weighted by Gasteiger charge is -2.26. The van der Waals surface area contributed by atoms with E-state index in [4.69, 9.17) is 19.9 Å². The van der Waals surface area contributed by atoms with Crippen LogP contribution in [-0.4, -0.2) is 26.4 Å². The molecule has 4 heteroatoms. The number of nitrogen functional groups attached to an aromatic ring is 1. The van der Waals surface area contributed by atoms with Gasteiger partial charge in [-0.25, -0.2) is 0 Å². The second-order valence-electron chi connectivity index (χ2n) is 3.55. The van der Waals surface area contributed by atoms with Crippen molar-refractivity contribution in [3.8, 4) is 5.75 Å². The number of benzene rings is 1. The number of methoxy groups -OCH3 is 1. The first-order chi connectivity index (χ1) is 7.29. The average Bonchev–Trinajstić information content (AvgIpc) is 2.16. The summed E-state index contributed by atoms with van der Waals surface area (Å²) in [6.45, 7) is 1.97. The van der Waals surface area contributed by atoms with Crippen molar-refractivity contribution < 1.29 is 14.2 Å². The molecule has 0 amide bonds. The van der Waals surface area contributed by atoms with Crippen LogP contribution in [0.5, 0.6) is 5.75 Å². The van der Waals surface area contributed by atoms with Crippen LogP contribution in [0, 0.1) is 0 Å². The molecule has 0 bridgehead atoms. The molecule has 1 aromatic rings. The van der Waals surface area contributed by atoms with Crippen molar-refractivity contribution in [3.05, 3.63) is 23.8 Å². The molecule has 1 aliphatic rings. The molecular formula is C11H15NO3. The molecule has 0 unspecified atom stereocenters. The zero-order valence-electron chi connectivity index (χ0n) is 8.73.